The highest BCUT2D eigenvalue weighted by atomic mass is 32.1. The number of ether oxygens (including phenoxy) is 2. The van der Waals surface area contributed by atoms with Crippen LogP contribution in [0.15, 0.2) is 42.5 Å². The minimum Gasteiger partial charge on any atom is -0.497 e. The van der Waals surface area contributed by atoms with Crippen LogP contribution < -0.4 is 14.4 Å². The van der Waals surface area contributed by atoms with Gasteiger partial charge < -0.3 is 19.3 Å². The third-order valence-electron chi connectivity index (χ3n) is 5.18. The van der Waals surface area contributed by atoms with E-state index in [-0.39, 0.29) is 12.0 Å². The summed E-state index contributed by atoms with van der Waals surface area (Å²) < 4.78 is 12.5. The molecule has 29 heavy (non-hydrogen) atoms. The van der Waals surface area contributed by atoms with Crippen LogP contribution in [-0.4, -0.2) is 56.2 Å². The highest BCUT2D eigenvalue weighted by molar-refractivity contribution is 7.20. The molecule has 6 nitrogen and oxygen atoms in total. The summed E-state index contributed by atoms with van der Waals surface area (Å²) >= 11 is 1.54. The Morgan fingerprint density at radius 2 is 1.97 bits per heavy atom. The lowest BCUT2D eigenvalue weighted by Gasteiger charge is -2.31. The molecule has 1 fully saturated rings. The molecule has 0 bridgehead atoms. The lowest BCUT2D eigenvalue weighted by atomic mass is 10.1. The van der Waals surface area contributed by atoms with Crippen molar-refractivity contribution in [1.82, 2.24) is 9.88 Å². The van der Waals surface area contributed by atoms with Crippen molar-refractivity contribution in [2.75, 3.05) is 39.2 Å². The van der Waals surface area contributed by atoms with E-state index in [1.54, 1.807) is 18.4 Å². The summed E-state index contributed by atoms with van der Waals surface area (Å²) in [5.41, 5.74) is 2.65. The van der Waals surface area contributed by atoms with Gasteiger partial charge in [-0.25, -0.2) is 4.98 Å². The van der Waals surface area contributed by atoms with Crippen molar-refractivity contribution in [3.05, 3.63) is 48.0 Å². The highest BCUT2D eigenvalue weighted by Gasteiger charge is 2.25. The van der Waals surface area contributed by atoms with E-state index in [1.165, 1.54) is 0 Å². The number of methoxy groups -OCH3 is 1. The second-order valence-corrected chi connectivity index (χ2v) is 8.36. The number of amides is 1. The standard InChI is InChI=1S/C22H25N3O3S/c1-24(2)16-6-4-5-15(13-16)21(26)25-11-9-17(10-12-25)28-22-23-19-14-18(27-3)7-8-20(19)29-22/h4-8,13-14,17H,9-12H2,1-3H3. The van der Waals surface area contributed by atoms with Gasteiger partial charge in [0.15, 0.2) is 0 Å². The van der Waals surface area contributed by atoms with Crippen LogP contribution in [-0.2, 0) is 0 Å². The van der Waals surface area contributed by atoms with Gasteiger partial charge in [0, 0.05) is 57.3 Å². The zero-order chi connectivity index (χ0) is 20.4. The second-order valence-electron chi connectivity index (χ2n) is 7.37. The van der Waals surface area contributed by atoms with Crippen LogP contribution in [0.2, 0.25) is 0 Å². The first-order valence-electron chi connectivity index (χ1n) is 9.71. The van der Waals surface area contributed by atoms with Crippen molar-refractivity contribution in [2.24, 2.45) is 0 Å². The molecule has 1 saturated heterocycles. The van der Waals surface area contributed by atoms with Crippen LogP contribution in [0.1, 0.15) is 23.2 Å². The molecule has 1 aromatic heterocycles. The number of carbonyl (C=O) groups is 1. The Bertz CT molecular complexity index is 1010. The molecule has 2 heterocycles. The topological polar surface area (TPSA) is 54.9 Å². The first-order valence-corrected chi connectivity index (χ1v) is 10.5. The Morgan fingerprint density at radius 3 is 2.69 bits per heavy atom. The lowest BCUT2D eigenvalue weighted by Crippen LogP contribution is -2.41. The summed E-state index contributed by atoms with van der Waals surface area (Å²) in [5.74, 6) is 0.874. The van der Waals surface area contributed by atoms with E-state index < -0.39 is 0 Å². The second kappa shape index (κ2) is 8.29. The fraction of sp³-hybridized carbons (Fsp3) is 0.364. The zero-order valence-electron chi connectivity index (χ0n) is 16.9. The molecule has 1 amide bonds. The van der Waals surface area contributed by atoms with E-state index in [0.29, 0.717) is 18.3 Å². The van der Waals surface area contributed by atoms with Crippen molar-refractivity contribution in [1.29, 1.82) is 0 Å². The van der Waals surface area contributed by atoms with Gasteiger partial charge in [-0.2, -0.15) is 0 Å². The van der Waals surface area contributed by atoms with E-state index >= 15 is 0 Å². The Hall–Kier alpha value is -2.80. The van der Waals surface area contributed by atoms with Crippen molar-refractivity contribution in [2.45, 2.75) is 18.9 Å². The monoisotopic (exact) mass is 411 g/mol. The summed E-state index contributed by atoms with van der Waals surface area (Å²) in [6.07, 6.45) is 1.69. The molecule has 1 aliphatic heterocycles. The van der Waals surface area contributed by atoms with Crippen LogP contribution >= 0.6 is 11.3 Å². The van der Waals surface area contributed by atoms with Gasteiger partial charge in [-0.1, -0.05) is 17.4 Å². The predicted octanol–water partition coefficient (Wildman–Crippen LogP) is 4.05. The average molecular weight is 412 g/mol. The predicted molar refractivity (Wildman–Crippen MR) is 116 cm³/mol. The number of hydrogen-bond acceptors (Lipinski definition) is 6. The van der Waals surface area contributed by atoms with Gasteiger partial charge in [-0.05, 0) is 30.3 Å². The molecular formula is C22H25N3O3S. The molecule has 0 radical (unpaired) electrons. The van der Waals surface area contributed by atoms with Crippen LogP contribution in [0.25, 0.3) is 10.2 Å². The van der Waals surface area contributed by atoms with Crippen molar-refractivity contribution >= 4 is 33.1 Å². The Labute approximate surface area is 174 Å². The third-order valence-corrected chi connectivity index (χ3v) is 6.11. The largest absolute Gasteiger partial charge is 0.497 e. The number of aromatic nitrogens is 1. The van der Waals surface area contributed by atoms with Crippen molar-refractivity contribution < 1.29 is 14.3 Å². The summed E-state index contributed by atoms with van der Waals surface area (Å²) in [7, 11) is 5.60. The minimum atomic E-state index is 0.0783. The van der Waals surface area contributed by atoms with Crippen LogP contribution in [0.3, 0.4) is 0 Å². The molecule has 0 saturated carbocycles. The molecule has 152 valence electrons. The summed E-state index contributed by atoms with van der Waals surface area (Å²) in [6.45, 7) is 1.38. The first-order chi connectivity index (χ1) is 14.0. The first kappa shape index (κ1) is 19.5. The number of nitrogens with zero attached hydrogens (tertiary/aromatic N) is 3. The number of piperidine rings is 1. The van der Waals surface area contributed by atoms with Crippen LogP contribution in [0.4, 0.5) is 5.69 Å². The SMILES string of the molecule is COc1ccc2sc(OC3CCN(C(=O)c4cccc(N(C)C)c4)CC3)nc2c1. The molecule has 0 N–H and O–H groups in total. The molecule has 0 aliphatic carbocycles. The number of anilines is 1. The Kier molecular flexibility index (Phi) is 5.58. The molecule has 3 aromatic rings. The third kappa shape index (κ3) is 4.29. The van der Waals surface area contributed by atoms with Gasteiger partial charge in [-0.15, -0.1) is 0 Å². The maximum atomic E-state index is 12.9. The molecule has 4 rings (SSSR count). The van der Waals surface area contributed by atoms with E-state index in [2.05, 4.69) is 4.98 Å². The molecule has 0 atom stereocenters. The smallest absolute Gasteiger partial charge is 0.274 e. The van der Waals surface area contributed by atoms with E-state index in [4.69, 9.17) is 9.47 Å². The zero-order valence-corrected chi connectivity index (χ0v) is 17.7. The van der Waals surface area contributed by atoms with Crippen LogP contribution in [0.5, 0.6) is 10.9 Å². The Morgan fingerprint density at radius 1 is 1.17 bits per heavy atom. The average Bonchev–Trinajstić information content (AvgIpc) is 3.15. The number of likely N-dealkylation sites (tertiary alicyclic amines) is 1. The minimum absolute atomic E-state index is 0.0783. The van der Waals surface area contributed by atoms with Crippen LogP contribution in [0, 0.1) is 0 Å². The molecule has 0 unspecified atom stereocenters. The molecular weight excluding hydrogens is 386 g/mol. The van der Waals surface area contributed by atoms with E-state index in [0.717, 1.165) is 40.1 Å². The maximum Gasteiger partial charge on any atom is 0.274 e. The Balaban J connectivity index is 1.37. The van der Waals surface area contributed by atoms with Crippen molar-refractivity contribution in [3.8, 4) is 10.9 Å². The van der Waals surface area contributed by atoms with Gasteiger partial charge in [-0.3, -0.25) is 4.79 Å². The normalized spacial score (nSPS) is 14.8. The van der Waals surface area contributed by atoms with E-state index in [1.807, 2.05) is 66.4 Å². The quantitative estimate of drug-likeness (QED) is 0.634. The molecule has 2 aromatic carbocycles. The van der Waals surface area contributed by atoms with Gasteiger partial charge >= 0.3 is 0 Å². The van der Waals surface area contributed by atoms with Gasteiger partial charge in [0.1, 0.15) is 11.9 Å². The van der Waals surface area contributed by atoms with Crippen molar-refractivity contribution in [3.63, 3.8) is 0 Å². The lowest BCUT2D eigenvalue weighted by molar-refractivity contribution is 0.0595. The van der Waals surface area contributed by atoms with Gasteiger partial charge in [0.25, 0.3) is 11.1 Å². The van der Waals surface area contributed by atoms with E-state index in [9.17, 15) is 4.79 Å². The fourth-order valence-electron chi connectivity index (χ4n) is 3.48. The van der Waals surface area contributed by atoms with Gasteiger partial charge in [0.2, 0.25) is 0 Å². The molecule has 1 aliphatic rings. The summed E-state index contributed by atoms with van der Waals surface area (Å²) in [4.78, 5) is 21.4. The maximum absolute atomic E-state index is 12.9. The summed E-state index contributed by atoms with van der Waals surface area (Å²) in [6, 6.07) is 13.6. The number of hydrogen-bond donors (Lipinski definition) is 0. The number of fused-ring (bicyclic) bond motifs is 1. The fourth-order valence-corrected chi connectivity index (χ4v) is 4.34. The number of benzene rings is 2. The number of thiazole rings is 1. The summed E-state index contributed by atoms with van der Waals surface area (Å²) in [5, 5.41) is 0.678. The van der Waals surface area contributed by atoms with Gasteiger partial charge in [0.05, 0.1) is 17.3 Å². The number of rotatable bonds is 5. The number of carbonyl (C=O) groups excluding carboxylic acids is 1. The molecule has 7 heteroatoms. The molecule has 0 spiro atoms. The highest BCUT2D eigenvalue weighted by Crippen LogP contribution is 2.32.